The Morgan fingerprint density at radius 3 is 2.22 bits per heavy atom. The smallest absolute Gasteiger partial charge is 0.0372 e. The first-order valence-electron chi connectivity index (χ1n) is 3.09. The van der Waals surface area contributed by atoms with Gasteiger partial charge in [0.25, 0.3) is 0 Å². The first-order chi connectivity index (χ1) is 4.20. The van der Waals surface area contributed by atoms with Crippen LogP contribution in [0.4, 0.5) is 0 Å². The molecule has 0 heteroatoms. The topological polar surface area (TPSA) is 0 Å². The second-order valence-corrected chi connectivity index (χ2v) is 2.42. The van der Waals surface area contributed by atoms with Crippen molar-refractivity contribution in [1.82, 2.24) is 0 Å². The quantitative estimate of drug-likeness (QED) is 0.460. The van der Waals surface area contributed by atoms with E-state index in [1.54, 1.807) is 0 Å². The second kappa shape index (κ2) is 2.14. The number of rotatable bonds is 0. The van der Waals surface area contributed by atoms with Gasteiger partial charge in [0.15, 0.2) is 0 Å². The Hall–Kier alpha value is -0.910. The summed E-state index contributed by atoms with van der Waals surface area (Å²) >= 11 is 0. The number of hydrogen-bond donors (Lipinski definition) is 0. The molecule has 0 nitrogen and oxygen atoms in total. The van der Waals surface area contributed by atoms with Crippen LogP contribution in [0.5, 0.6) is 0 Å². The van der Waals surface area contributed by atoms with Gasteiger partial charge in [-0.1, -0.05) is 0 Å². The summed E-state index contributed by atoms with van der Waals surface area (Å²) in [6.07, 6.45) is 0. The first kappa shape index (κ1) is 6.21. The summed E-state index contributed by atoms with van der Waals surface area (Å²) in [6.45, 7) is 8.03. The van der Waals surface area contributed by atoms with Gasteiger partial charge >= 0.3 is 0 Å². The van der Waals surface area contributed by atoms with Crippen LogP contribution < -0.4 is 0 Å². The Balaban J connectivity index is 3.17. The molecule has 0 aliphatic rings. The Labute approximate surface area is 56.5 Å². The van der Waals surface area contributed by atoms with E-state index in [0.717, 1.165) is 5.56 Å². The minimum Gasteiger partial charge on any atom is -0.0372 e. The Kier molecular flexibility index (Phi) is 1.48. The molecule has 0 aliphatic carbocycles. The maximum atomic E-state index is 3.82. The molecule has 1 aromatic rings. The third-order valence-electron chi connectivity index (χ3n) is 1.57. The van der Waals surface area contributed by atoms with Crippen molar-refractivity contribution >= 4 is 0 Å². The maximum absolute atomic E-state index is 3.82. The van der Waals surface area contributed by atoms with Crippen LogP contribution >= 0.6 is 0 Å². The molecule has 0 amide bonds. The van der Waals surface area contributed by atoms with E-state index in [1.807, 2.05) is 6.07 Å². The van der Waals surface area contributed by atoms with E-state index in [2.05, 4.69) is 32.9 Å². The molecule has 9 heavy (non-hydrogen) atoms. The van der Waals surface area contributed by atoms with Gasteiger partial charge in [0, 0.05) is 24.6 Å². The summed E-state index contributed by atoms with van der Waals surface area (Å²) in [5, 5.41) is 0. The summed E-state index contributed by atoms with van der Waals surface area (Å²) in [5.74, 6) is 0. The van der Waals surface area contributed by atoms with Gasteiger partial charge in [0.1, 0.15) is 5.56 Å². The molecule has 1 rings (SSSR count). The van der Waals surface area contributed by atoms with E-state index in [0.29, 0.717) is 0 Å². The van der Waals surface area contributed by atoms with Gasteiger partial charge in [-0.15, -0.1) is 0 Å². The molecule has 46 valence electrons. The molecule has 0 atom stereocenters. The largest absolute Gasteiger partial charge is 0.127 e. The Morgan fingerprint density at radius 2 is 1.78 bits per heavy atom. The molecule has 0 radical (unpaired) electrons. The van der Waals surface area contributed by atoms with E-state index < -0.39 is 0 Å². The van der Waals surface area contributed by atoms with E-state index in [-0.39, 0.29) is 0 Å². The van der Waals surface area contributed by atoms with Crippen molar-refractivity contribution in [2.24, 2.45) is 0 Å². The highest BCUT2D eigenvalue weighted by Crippen LogP contribution is 2.07. The van der Waals surface area contributed by atoms with E-state index in [1.165, 1.54) is 11.1 Å². The number of hydrogen-bond acceptors (Lipinski definition) is 0. The fourth-order valence-electron chi connectivity index (χ4n) is 0.804. The number of aryl methyl sites for hydroxylation is 2. The van der Waals surface area contributed by atoms with E-state index in [4.69, 9.17) is 0 Å². The molecule has 0 aromatic heterocycles. The molecule has 0 spiro atoms. The maximum Gasteiger partial charge on any atom is 0.127 e. The van der Waals surface area contributed by atoms with Crippen molar-refractivity contribution < 1.29 is 0 Å². The SMILES string of the molecule is [CH2+]c1ccc(C)c(C)c1. The van der Waals surface area contributed by atoms with Gasteiger partial charge in [-0.25, -0.2) is 0 Å². The zero-order valence-corrected chi connectivity index (χ0v) is 5.94. The van der Waals surface area contributed by atoms with Crippen molar-refractivity contribution in [3.63, 3.8) is 0 Å². The molecule has 0 bridgehead atoms. The molecular weight excluding hydrogens is 108 g/mol. The Morgan fingerprint density at radius 1 is 1.11 bits per heavy atom. The first-order valence-corrected chi connectivity index (χ1v) is 3.09. The lowest BCUT2D eigenvalue weighted by Gasteiger charge is -1.91. The molecule has 0 aliphatic heterocycles. The van der Waals surface area contributed by atoms with Crippen molar-refractivity contribution in [2.45, 2.75) is 13.8 Å². The van der Waals surface area contributed by atoms with Gasteiger partial charge in [0.2, 0.25) is 0 Å². The van der Waals surface area contributed by atoms with Crippen LogP contribution in [0.1, 0.15) is 16.7 Å². The zero-order valence-electron chi connectivity index (χ0n) is 5.94. The van der Waals surface area contributed by atoms with Crippen molar-refractivity contribution in [3.05, 3.63) is 41.8 Å². The average Bonchev–Trinajstić information content (AvgIpc) is 1.80. The zero-order chi connectivity index (χ0) is 6.85. The lowest BCUT2D eigenvalue weighted by atomic mass is 10.1. The molecule has 1 aromatic carbocycles. The minimum absolute atomic E-state index is 1.10. The predicted molar refractivity (Wildman–Crippen MR) is 40.4 cm³/mol. The molecule has 0 heterocycles. The fourth-order valence-corrected chi connectivity index (χ4v) is 0.804. The van der Waals surface area contributed by atoms with Crippen molar-refractivity contribution in [2.75, 3.05) is 0 Å². The molecule has 0 saturated carbocycles. The standard InChI is InChI=1S/C9H11/c1-7-4-5-8(2)9(3)6-7/h4-6H,1H2,2-3H3/q+1. The summed E-state index contributed by atoms with van der Waals surface area (Å²) in [4.78, 5) is 0. The van der Waals surface area contributed by atoms with Crippen LogP contribution in [-0.4, -0.2) is 0 Å². The van der Waals surface area contributed by atoms with Gasteiger partial charge in [-0.3, -0.25) is 0 Å². The van der Waals surface area contributed by atoms with Gasteiger partial charge < -0.3 is 0 Å². The van der Waals surface area contributed by atoms with Crippen LogP contribution in [0.15, 0.2) is 18.2 Å². The normalized spacial score (nSPS) is 9.56. The molecule has 0 fully saturated rings. The average molecular weight is 119 g/mol. The Bertz CT molecular complexity index is 211. The summed E-state index contributed by atoms with van der Waals surface area (Å²) in [5.41, 5.74) is 3.75. The van der Waals surface area contributed by atoms with Crippen molar-refractivity contribution in [1.29, 1.82) is 0 Å². The van der Waals surface area contributed by atoms with Gasteiger partial charge in [-0.05, 0) is 25.5 Å². The molecule has 0 saturated heterocycles. The van der Waals surface area contributed by atoms with Crippen LogP contribution in [-0.2, 0) is 0 Å². The summed E-state index contributed by atoms with van der Waals surface area (Å²) in [6, 6.07) is 6.22. The highest BCUT2D eigenvalue weighted by Gasteiger charge is 1.96. The van der Waals surface area contributed by atoms with Crippen LogP contribution in [0, 0.1) is 20.8 Å². The highest BCUT2D eigenvalue weighted by molar-refractivity contribution is 5.30. The predicted octanol–water partition coefficient (Wildman–Crippen LogP) is 2.49. The van der Waals surface area contributed by atoms with E-state index >= 15 is 0 Å². The van der Waals surface area contributed by atoms with Gasteiger partial charge in [0.05, 0.1) is 0 Å². The van der Waals surface area contributed by atoms with Gasteiger partial charge in [-0.2, -0.15) is 0 Å². The molecule has 0 N–H and O–H groups in total. The molecule has 0 unspecified atom stereocenters. The number of benzene rings is 1. The fraction of sp³-hybridized carbons (Fsp3) is 0.222. The second-order valence-electron chi connectivity index (χ2n) is 2.42. The highest BCUT2D eigenvalue weighted by atomic mass is 13.9. The van der Waals surface area contributed by atoms with Crippen LogP contribution in [0.3, 0.4) is 0 Å². The van der Waals surface area contributed by atoms with Crippen LogP contribution in [0.25, 0.3) is 0 Å². The third kappa shape index (κ3) is 1.26. The monoisotopic (exact) mass is 119 g/mol. The lowest BCUT2D eigenvalue weighted by Crippen LogP contribution is -1.79. The lowest BCUT2D eigenvalue weighted by molar-refractivity contribution is 1.33. The molecular formula is C9H11+. The van der Waals surface area contributed by atoms with Crippen LogP contribution in [0.2, 0.25) is 0 Å². The van der Waals surface area contributed by atoms with Crippen molar-refractivity contribution in [3.8, 4) is 0 Å². The summed E-state index contributed by atoms with van der Waals surface area (Å²) in [7, 11) is 0. The minimum atomic E-state index is 1.10. The third-order valence-corrected chi connectivity index (χ3v) is 1.57. The van der Waals surface area contributed by atoms with E-state index in [9.17, 15) is 0 Å². The summed E-state index contributed by atoms with van der Waals surface area (Å²) < 4.78 is 0.